The van der Waals surface area contributed by atoms with Gasteiger partial charge in [0.05, 0.1) is 5.75 Å². The Hall–Kier alpha value is -1.69. The van der Waals surface area contributed by atoms with Crippen molar-refractivity contribution in [2.75, 3.05) is 5.73 Å². The molecule has 0 fully saturated rings. The maximum atomic E-state index is 13.4. The highest BCUT2D eigenvalue weighted by Gasteiger charge is 2.06. The fraction of sp³-hybridized carbons (Fsp3) is 0.250. The summed E-state index contributed by atoms with van der Waals surface area (Å²) in [6.07, 6.45) is 0.698. The van der Waals surface area contributed by atoms with Crippen LogP contribution in [0.25, 0.3) is 0 Å². The molecule has 0 aliphatic carbocycles. The number of nitrogen functional groups attached to an aromatic ring is 1. The van der Waals surface area contributed by atoms with Crippen molar-refractivity contribution in [2.45, 2.75) is 24.0 Å². The lowest BCUT2D eigenvalue weighted by Gasteiger charge is -2.04. The Bertz CT molecular complexity index is 547. The average Bonchev–Trinajstić information content (AvgIpc) is 2.37. The third-order valence-electron chi connectivity index (χ3n) is 2.25. The van der Waals surface area contributed by atoms with Gasteiger partial charge in [0, 0.05) is 11.3 Å². The van der Waals surface area contributed by atoms with E-state index in [0.717, 1.165) is 0 Å². The van der Waals surface area contributed by atoms with E-state index in [-0.39, 0.29) is 11.8 Å². The molecule has 2 aromatic rings. The summed E-state index contributed by atoms with van der Waals surface area (Å²) in [6, 6.07) is 6.62. The van der Waals surface area contributed by atoms with Gasteiger partial charge >= 0.3 is 0 Å². The van der Waals surface area contributed by atoms with Crippen molar-refractivity contribution in [2.24, 2.45) is 0 Å². The highest BCUT2D eigenvalue weighted by Crippen LogP contribution is 2.24. The summed E-state index contributed by atoms with van der Waals surface area (Å²) in [6.45, 7) is 1.95. The van der Waals surface area contributed by atoms with Crippen LogP contribution >= 0.6 is 11.8 Å². The smallest absolute Gasteiger partial charge is 0.223 e. The third-order valence-corrected chi connectivity index (χ3v) is 3.30. The van der Waals surface area contributed by atoms with Crippen LogP contribution in [0.3, 0.4) is 0 Å². The molecule has 0 atom stereocenters. The normalized spacial score (nSPS) is 10.6. The molecular formula is C12H13FN4S. The first kappa shape index (κ1) is 12.8. The van der Waals surface area contributed by atoms with Gasteiger partial charge in [-0.3, -0.25) is 0 Å². The van der Waals surface area contributed by atoms with Crippen LogP contribution in [0.2, 0.25) is 0 Å². The molecule has 18 heavy (non-hydrogen) atoms. The fourth-order valence-electron chi connectivity index (χ4n) is 1.42. The monoisotopic (exact) mass is 264 g/mol. The second-order valence-electron chi connectivity index (χ2n) is 3.60. The first-order valence-electron chi connectivity index (χ1n) is 5.55. The standard InChI is InChI=1S/C12H13FN4S/c1-2-10-15-11(17-12(14)16-10)7-18-9-6-4-3-5-8(9)13/h3-6H,2,7H2,1H3,(H2,14,15,16,17). The van der Waals surface area contributed by atoms with Crippen molar-refractivity contribution in [3.8, 4) is 0 Å². The number of rotatable bonds is 4. The number of hydrogen-bond donors (Lipinski definition) is 1. The van der Waals surface area contributed by atoms with Crippen molar-refractivity contribution in [3.05, 3.63) is 41.7 Å². The zero-order chi connectivity index (χ0) is 13.0. The van der Waals surface area contributed by atoms with Crippen LogP contribution in [0.5, 0.6) is 0 Å². The van der Waals surface area contributed by atoms with E-state index in [4.69, 9.17) is 5.73 Å². The van der Waals surface area contributed by atoms with Gasteiger partial charge in [-0.2, -0.15) is 9.97 Å². The van der Waals surface area contributed by atoms with Crippen molar-refractivity contribution in [1.29, 1.82) is 0 Å². The van der Waals surface area contributed by atoms with Crippen LogP contribution < -0.4 is 5.73 Å². The van der Waals surface area contributed by atoms with Crippen molar-refractivity contribution in [3.63, 3.8) is 0 Å². The Balaban J connectivity index is 2.11. The number of benzene rings is 1. The molecule has 6 heteroatoms. The lowest BCUT2D eigenvalue weighted by molar-refractivity contribution is 0.602. The van der Waals surface area contributed by atoms with Gasteiger partial charge in [-0.05, 0) is 12.1 Å². The van der Waals surface area contributed by atoms with E-state index in [0.29, 0.717) is 28.7 Å². The highest BCUT2D eigenvalue weighted by atomic mass is 32.2. The molecule has 0 spiro atoms. The maximum absolute atomic E-state index is 13.4. The minimum Gasteiger partial charge on any atom is -0.368 e. The summed E-state index contributed by atoms with van der Waals surface area (Å²) in [5.74, 6) is 1.69. The Morgan fingerprint density at radius 3 is 2.61 bits per heavy atom. The van der Waals surface area contributed by atoms with E-state index in [9.17, 15) is 4.39 Å². The predicted octanol–water partition coefficient (Wildman–Crippen LogP) is 2.45. The van der Waals surface area contributed by atoms with E-state index in [2.05, 4.69) is 15.0 Å². The third kappa shape index (κ3) is 3.16. The molecule has 94 valence electrons. The second-order valence-corrected chi connectivity index (χ2v) is 4.62. The molecule has 1 aromatic heterocycles. The largest absolute Gasteiger partial charge is 0.368 e. The lowest BCUT2D eigenvalue weighted by atomic mass is 10.3. The first-order valence-corrected chi connectivity index (χ1v) is 6.54. The van der Waals surface area contributed by atoms with Crippen molar-refractivity contribution in [1.82, 2.24) is 15.0 Å². The molecule has 0 radical (unpaired) electrons. The zero-order valence-corrected chi connectivity index (χ0v) is 10.7. The van der Waals surface area contributed by atoms with Crippen LogP contribution in [0.1, 0.15) is 18.6 Å². The number of aromatic nitrogens is 3. The summed E-state index contributed by atoms with van der Waals surface area (Å²) in [4.78, 5) is 12.9. The Morgan fingerprint density at radius 1 is 1.17 bits per heavy atom. The van der Waals surface area contributed by atoms with Gasteiger partial charge in [-0.25, -0.2) is 9.37 Å². The quantitative estimate of drug-likeness (QED) is 0.859. The van der Waals surface area contributed by atoms with Crippen LogP contribution in [-0.4, -0.2) is 15.0 Å². The van der Waals surface area contributed by atoms with E-state index in [1.54, 1.807) is 18.2 Å². The average molecular weight is 264 g/mol. The summed E-state index contributed by atoms with van der Waals surface area (Å²) >= 11 is 1.34. The second kappa shape index (κ2) is 5.77. The molecule has 0 saturated carbocycles. The fourth-order valence-corrected chi connectivity index (χ4v) is 2.21. The number of thioether (sulfide) groups is 1. The summed E-state index contributed by atoms with van der Waals surface area (Å²) in [7, 11) is 0. The summed E-state index contributed by atoms with van der Waals surface area (Å²) in [5, 5.41) is 0. The van der Waals surface area contributed by atoms with E-state index in [1.807, 2.05) is 6.92 Å². The van der Waals surface area contributed by atoms with Crippen molar-refractivity contribution < 1.29 is 4.39 Å². The Morgan fingerprint density at radius 2 is 1.89 bits per heavy atom. The molecule has 2 N–H and O–H groups in total. The molecule has 1 aromatic carbocycles. The van der Waals surface area contributed by atoms with E-state index in [1.165, 1.54) is 17.8 Å². The molecule has 0 aliphatic rings. The minimum atomic E-state index is -0.236. The van der Waals surface area contributed by atoms with Crippen molar-refractivity contribution >= 4 is 17.7 Å². The topological polar surface area (TPSA) is 64.7 Å². The van der Waals surface area contributed by atoms with Crippen LogP contribution in [0.4, 0.5) is 10.3 Å². The lowest BCUT2D eigenvalue weighted by Crippen LogP contribution is -2.05. The van der Waals surface area contributed by atoms with Gasteiger partial charge < -0.3 is 5.73 Å². The number of nitrogens with two attached hydrogens (primary N) is 1. The molecule has 4 nitrogen and oxygen atoms in total. The number of hydrogen-bond acceptors (Lipinski definition) is 5. The van der Waals surface area contributed by atoms with Crippen LogP contribution in [-0.2, 0) is 12.2 Å². The van der Waals surface area contributed by atoms with E-state index >= 15 is 0 Å². The number of halogens is 1. The van der Waals surface area contributed by atoms with Gasteiger partial charge in [0.15, 0.2) is 0 Å². The van der Waals surface area contributed by atoms with Gasteiger partial charge in [0.2, 0.25) is 5.95 Å². The number of nitrogens with zero attached hydrogens (tertiary/aromatic N) is 3. The number of anilines is 1. The Labute approximate surface area is 109 Å². The molecule has 0 unspecified atom stereocenters. The Kier molecular flexibility index (Phi) is 4.09. The first-order chi connectivity index (χ1) is 8.69. The molecule has 0 aliphatic heterocycles. The summed E-state index contributed by atoms with van der Waals surface area (Å²) < 4.78 is 13.4. The minimum absolute atomic E-state index is 0.214. The number of aryl methyl sites for hydroxylation is 1. The van der Waals surface area contributed by atoms with Gasteiger partial charge in [0.25, 0.3) is 0 Å². The van der Waals surface area contributed by atoms with E-state index < -0.39 is 0 Å². The molecule has 1 heterocycles. The molecule has 0 amide bonds. The van der Waals surface area contributed by atoms with Gasteiger partial charge in [-0.1, -0.05) is 19.1 Å². The maximum Gasteiger partial charge on any atom is 0.223 e. The molecule has 2 rings (SSSR count). The highest BCUT2D eigenvalue weighted by molar-refractivity contribution is 7.98. The van der Waals surface area contributed by atoms with Gasteiger partial charge in [-0.15, -0.1) is 11.8 Å². The molecule has 0 saturated heterocycles. The molecule has 0 bridgehead atoms. The van der Waals surface area contributed by atoms with Crippen LogP contribution in [0, 0.1) is 5.82 Å². The molecular weight excluding hydrogens is 251 g/mol. The van der Waals surface area contributed by atoms with Gasteiger partial charge in [0.1, 0.15) is 17.5 Å². The predicted molar refractivity (Wildman–Crippen MR) is 69.6 cm³/mol. The SMILES string of the molecule is CCc1nc(N)nc(CSc2ccccc2F)n1. The van der Waals surface area contributed by atoms with Crippen LogP contribution in [0.15, 0.2) is 29.2 Å². The zero-order valence-electron chi connectivity index (χ0n) is 9.93. The summed E-state index contributed by atoms with van der Waals surface area (Å²) in [5.41, 5.74) is 5.59.